The molecule has 0 aliphatic rings. The van der Waals surface area contributed by atoms with E-state index in [0.29, 0.717) is 18.7 Å². The molecule has 0 unspecified atom stereocenters. The Morgan fingerprint density at radius 2 is 1.77 bits per heavy atom. The molecule has 7 heteroatoms. The first-order valence-electron chi connectivity index (χ1n) is 8.32. The quantitative estimate of drug-likeness (QED) is 0.599. The van der Waals surface area contributed by atoms with Crippen LogP contribution in [-0.2, 0) is 13.1 Å². The lowest BCUT2D eigenvalue weighted by Crippen LogP contribution is -2.18. The van der Waals surface area contributed by atoms with Crippen LogP contribution in [0.2, 0.25) is 0 Å². The zero-order valence-corrected chi connectivity index (χ0v) is 14.3. The van der Waals surface area contributed by atoms with Gasteiger partial charge in [0, 0.05) is 25.5 Å². The van der Waals surface area contributed by atoms with Crippen molar-refractivity contribution in [3.63, 3.8) is 0 Å². The molecule has 0 atom stereocenters. The van der Waals surface area contributed by atoms with Gasteiger partial charge in [0.15, 0.2) is 5.65 Å². The fourth-order valence-corrected chi connectivity index (χ4v) is 2.89. The van der Waals surface area contributed by atoms with Gasteiger partial charge in [0.25, 0.3) is 5.56 Å². The lowest BCUT2D eigenvalue weighted by atomic mass is 10.1. The molecular weight excluding hydrogens is 328 g/mol. The highest BCUT2D eigenvalue weighted by atomic mass is 16.1. The molecule has 0 radical (unpaired) electrons. The average molecular weight is 346 g/mol. The van der Waals surface area contributed by atoms with Crippen molar-refractivity contribution in [2.45, 2.75) is 13.1 Å². The Hall–Kier alpha value is -3.48. The number of hydrogen-bond donors (Lipinski definition) is 1. The van der Waals surface area contributed by atoms with E-state index in [1.54, 1.807) is 22.9 Å². The van der Waals surface area contributed by atoms with Crippen LogP contribution < -0.4 is 10.9 Å². The number of anilines is 1. The highest BCUT2D eigenvalue weighted by Gasteiger charge is 2.07. The topological polar surface area (TPSA) is 77.6 Å². The van der Waals surface area contributed by atoms with E-state index < -0.39 is 0 Å². The smallest absolute Gasteiger partial charge is 0.250 e. The van der Waals surface area contributed by atoms with Crippen LogP contribution >= 0.6 is 0 Å². The van der Waals surface area contributed by atoms with Gasteiger partial charge in [-0.15, -0.1) is 0 Å². The molecule has 3 aromatic heterocycles. The zero-order valence-electron chi connectivity index (χ0n) is 14.3. The largest absolute Gasteiger partial charge is 0.372 e. The molecule has 0 amide bonds. The molecule has 1 N–H and O–H groups in total. The maximum Gasteiger partial charge on any atom is 0.250 e. The molecule has 0 bridgehead atoms. The summed E-state index contributed by atoms with van der Waals surface area (Å²) in [4.78, 5) is 20.2. The highest BCUT2D eigenvalue weighted by Crippen LogP contribution is 2.17. The molecule has 4 aromatic rings. The van der Waals surface area contributed by atoms with Crippen molar-refractivity contribution in [3.05, 3.63) is 82.7 Å². The molecule has 4 rings (SSSR count). The summed E-state index contributed by atoms with van der Waals surface area (Å²) in [5, 5.41) is 8.45. The van der Waals surface area contributed by atoms with Gasteiger partial charge in [-0.25, -0.2) is 9.97 Å². The standard InChI is InChI=1S/C19H18N6O/c1-20-18-16-12-25(23-19(16)22-13-21-18)11-15-7-5-14(6-8-15)10-24-9-3-2-4-17(24)26/h2-9,12-13H,10-11H2,1H3,(H,20,21,22,23). The molecule has 0 saturated carbocycles. The maximum atomic E-state index is 11.8. The molecule has 1 aromatic carbocycles. The zero-order chi connectivity index (χ0) is 17.9. The van der Waals surface area contributed by atoms with Gasteiger partial charge in [-0.05, 0) is 17.2 Å². The van der Waals surface area contributed by atoms with Crippen LogP contribution in [0.3, 0.4) is 0 Å². The molecular formula is C19H18N6O. The van der Waals surface area contributed by atoms with Gasteiger partial charge in [0.1, 0.15) is 12.1 Å². The van der Waals surface area contributed by atoms with E-state index in [2.05, 4.69) is 32.5 Å². The van der Waals surface area contributed by atoms with Gasteiger partial charge in [-0.2, -0.15) is 5.10 Å². The number of hydrogen-bond acceptors (Lipinski definition) is 5. The number of rotatable bonds is 5. The van der Waals surface area contributed by atoms with E-state index in [1.807, 2.05) is 36.1 Å². The van der Waals surface area contributed by atoms with Gasteiger partial charge in [0.2, 0.25) is 0 Å². The Morgan fingerprint density at radius 1 is 1.00 bits per heavy atom. The number of nitrogens with zero attached hydrogens (tertiary/aromatic N) is 5. The molecule has 0 saturated heterocycles. The van der Waals surface area contributed by atoms with Crippen molar-refractivity contribution in [2.75, 3.05) is 12.4 Å². The molecule has 26 heavy (non-hydrogen) atoms. The van der Waals surface area contributed by atoms with Crippen molar-refractivity contribution >= 4 is 16.9 Å². The normalized spacial score (nSPS) is 11.0. The third-order valence-corrected chi connectivity index (χ3v) is 4.22. The van der Waals surface area contributed by atoms with Gasteiger partial charge < -0.3 is 9.88 Å². The lowest BCUT2D eigenvalue weighted by Gasteiger charge is -2.07. The fourth-order valence-electron chi connectivity index (χ4n) is 2.89. The summed E-state index contributed by atoms with van der Waals surface area (Å²) < 4.78 is 3.55. The van der Waals surface area contributed by atoms with E-state index in [9.17, 15) is 4.79 Å². The van der Waals surface area contributed by atoms with Crippen LogP contribution in [0.1, 0.15) is 11.1 Å². The summed E-state index contributed by atoms with van der Waals surface area (Å²) in [6.07, 6.45) is 5.25. The first-order chi connectivity index (χ1) is 12.7. The summed E-state index contributed by atoms with van der Waals surface area (Å²) in [6, 6.07) is 13.4. The second-order valence-corrected chi connectivity index (χ2v) is 6.02. The van der Waals surface area contributed by atoms with Crippen LogP contribution in [0.15, 0.2) is 66.0 Å². The van der Waals surface area contributed by atoms with Crippen molar-refractivity contribution in [3.8, 4) is 0 Å². The van der Waals surface area contributed by atoms with Crippen molar-refractivity contribution < 1.29 is 0 Å². The van der Waals surface area contributed by atoms with Crippen molar-refractivity contribution in [1.29, 1.82) is 0 Å². The van der Waals surface area contributed by atoms with E-state index in [1.165, 1.54) is 6.33 Å². The summed E-state index contributed by atoms with van der Waals surface area (Å²) in [6.45, 7) is 1.21. The number of aromatic nitrogens is 5. The molecule has 0 aliphatic heterocycles. The Kier molecular flexibility index (Phi) is 4.18. The Balaban J connectivity index is 1.53. The Morgan fingerprint density at radius 3 is 2.50 bits per heavy atom. The number of nitrogens with one attached hydrogen (secondary N) is 1. The second-order valence-electron chi connectivity index (χ2n) is 6.02. The predicted molar refractivity (Wildman–Crippen MR) is 100 cm³/mol. The van der Waals surface area contributed by atoms with Gasteiger partial charge in [-0.3, -0.25) is 9.48 Å². The fraction of sp³-hybridized carbons (Fsp3) is 0.158. The first kappa shape index (κ1) is 16.0. The van der Waals surface area contributed by atoms with Gasteiger partial charge >= 0.3 is 0 Å². The summed E-state index contributed by atoms with van der Waals surface area (Å²) in [5.41, 5.74) is 2.88. The Labute approximate surface area is 150 Å². The molecule has 0 fully saturated rings. The van der Waals surface area contributed by atoms with Gasteiger partial charge in [0.05, 0.1) is 18.5 Å². The van der Waals surface area contributed by atoms with Crippen LogP contribution in [0, 0.1) is 0 Å². The van der Waals surface area contributed by atoms with Gasteiger partial charge in [-0.1, -0.05) is 30.3 Å². The van der Waals surface area contributed by atoms with E-state index >= 15 is 0 Å². The summed E-state index contributed by atoms with van der Waals surface area (Å²) in [7, 11) is 1.83. The van der Waals surface area contributed by atoms with Crippen molar-refractivity contribution in [1.82, 2.24) is 24.3 Å². The van der Waals surface area contributed by atoms with E-state index in [0.717, 1.165) is 22.3 Å². The average Bonchev–Trinajstić information content (AvgIpc) is 3.07. The minimum absolute atomic E-state index is 0.00116. The van der Waals surface area contributed by atoms with Crippen molar-refractivity contribution in [2.24, 2.45) is 0 Å². The first-order valence-corrected chi connectivity index (χ1v) is 8.32. The minimum Gasteiger partial charge on any atom is -0.372 e. The molecule has 130 valence electrons. The number of pyridine rings is 1. The number of fused-ring (bicyclic) bond motifs is 1. The van der Waals surface area contributed by atoms with E-state index in [4.69, 9.17) is 0 Å². The third-order valence-electron chi connectivity index (χ3n) is 4.22. The molecule has 3 heterocycles. The van der Waals surface area contributed by atoms with Crippen LogP contribution in [0.5, 0.6) is 0 Å². The highest BCUT2D eigenvalue weighted by molar-refractivity contribution is 5.85. The second kappa shape index (κ2) is 6.79. The summed E-state index contributed by atoms with van der Waals surface area (Å²) in [5.74, 6) is 0.768. The minimum atomic E-state index is 0.00116. The number of benzene rings is 1. The van der Waals surface area contributed by atoms with Crippen LogP contribution in [-0.4, -0.2) is 31.4 Å². The van der Waals surface area contributed by atoms with Crippen LogP contribution in [0.4, 0.5) is 5.82 Å². The lowest BCUT2D eigenvalue weighted by molar-refractivity contribution is 0.692. The third kappa shape index (κ3) is 3.19. The monoisotopic (exact) mass is 346 g/mol. The Bertz CT molecular complexity index is 1100. The molecule has 0 spiro atoms. The summed E-state index contributed by atoms with van der Waals surface area (Å²) >= 11 is 0. The SMILES string of the molecule is CNc1ncnc2nn(Cc3ccc(Cn4ccccc4=O)cc3)cc12. The molecule has 0 aliphatic carbocycles. The molecule has 7 nitrogen and oxygen atoms in total. The maximum absolute atomic E-state index is 11.8. The van der Waals surface area contributed by atoms with E-state index in [-0.39, 0.29) is 5.56 Å². The predicted octanol–water partition coefficient (Wildman–Crippen LogP) is 2.13. The van der Waals surface area contributed by atoms with Crippen LogP contribution in [0.25, 0.3) is 11.0 Å².